The maximum absolute atomic E-state index is 12.7. The van der Waals surface area contributed by atoms with E-state index in [1.807, 2.05) is 23.1 Å². The fourth-order valence-corrected chi connectivity index (χ4v) is 3.41. The minimum atomic E-state index is -0.144. The first-order chi connectivity index (χ1) is 13.2. The highest BCUT2D eigenvalue weighted by Gasteiger charge is 2.26. The number of methoxy groups -OCH3 is 1. The Labute approximate surface area is 157 Å². The Kier molecular flexibility index (Phi) is 4.58. The van der Waals surface area contributed by atoms with E-state index in [-0.39, 0.29) is 18.4 Å². The average molecular weight is 367 g/mol. The van der Waals surface area contributed by atoms with Crippen molar-refractivity contribution in [2.24, 2.45) is 0 Å². The van der Waals surface area contributed by atoms with Crippen molar-refractivity contribution in [1.29, 1.82) is 0 Å². The number of nitrogens with one attached hydrogen (secondary N) is 1. The van der Waals surface area contributed by atoms with E-state index >= 15 is 0 Å². The minimum absolute atomic E-state index is 0.0240. The van der Waals surface area contributed by atoms with Crippen LogP contribution < -0.4 is 19.7 Å². The number of benzene rings is 2. The second-order valence-corrected chi connectivity index (χ2v) is 6.50. The normalized spacial score (nSPS) is 16.3. The lowest BCUT2D eigenvalue weighted by Crippen LogP contribution is -2.49. The Morgan fingerprint density at radius 1 is 1.07 bits per heavy atom. The third kappa shape index (κ3) is 3.40. The lowest BCUT2D eigenvalue weighted by atomic mass is 10.1. The van der Waals surface area contributed by atoms with Gasteiger partial charge >= 0.3 is 0 Å². The molecule has 2 aromatic rings. The van der Waals surface area contributed by atoms with Crippen LogP contribution in [0.1, 0.15) is 10.4 Å². The number of rotatable bonds is 3. The molecule has 0 saturated carbocycles. The van der Waals surface area contributed by atoms with Gasteiger partial charge in [-0.3, -0.25) is 9.59 Å². The molecule has 4 rings (SSSR count). The Bertz CT molecular complexity index is 858. The molecule has 0 aliphatic carbocycles. The number of fused-ring (bicyclic) bond motifs is 1. The molecule has 0 radical (unpaired) electrons. The van der Waals surface area contributed by atoms with Crippen molar-refractivity contribution >= 4 is 23.2 Å². The standard InChI is InChI=1S/C20H21N3O4/c1-26-15-7-5-14(6-8-15)20(25)23-11-9-22(10-12-23)17-4-2-3-16-19(17)27-13-18(24)21-16/h2-8H,9-13H2,1H3,(H,21,24). The van der Waals surface area contributed by atoms with Gasteiger partial charge in [0.15, 0.2) is 12.4 Å². The van der Waals surface area contributed by atoms with Crippen molar-refractivity contribution in [1.82, 2.24) is 4.90 Å². The van der Waals surface area contributed by atoms with Crippen LogP contribution in [0.15, 0.2) is 42.5 Å². The highest BCUT2D eigenvalue weighted by molar-refractivity contribution is 5.97. The highest BCUT2D eigenvalue weighted by Crippen LogP contribution is 2.38. The lowest BCUT2D eigenvalue weighted by Gasteiger charge is -2.37. The van der Waals surface area contributed by atoms with E-state index in [9.17, 15) is 9.59 Å². The number of carbonyl (C=O) groups excluding carboxylic acids is 2. The molecule has 0 spiro atoms. The summed E-state index contributed by atoms with van der Waals surface area (Å²) >= 11 is 0. The molecule has 2 aliphatic heterocycles. The molecule has 2 heterocycles. The van der Waals surface area contributed by atoms with Crippen LogP contribution in [0, 0.1) is 0 Å². The quantitative estimate of drug-likeness (QED) is 0.898. The van der Waals surface area contributed by atoms with Crippen LogP contribution in [0.2, 0.25) is 0 Å². The molecule has 0 bridgehead atoms. The Morgan fingerprint density at radius 2 is 1.81 bits per heavy atom. The minimum Gasteiger partial charge on any atom is -0.497 e. The smallest absolute Gasteiger partial charge is 0.262 e. The zero-order valence-corrected chi connectivity index (χ0v) is 15.1. The third-order valence-corrected chi connectivity index (χ3v) is 4.86. The lowest BCUT2D eigenvalue weighted by molar-refractivity contribution is -0.118. The molecule has 140 valence electrons. The fraction of sp³-hybridized carbons (Fsp3) is 0.300. The zero-order chi connectivity index (χ0) is 18.8. The molecule has 1 N–H and O–H groups in total. The Morgan fingerprint density at radius 3 is 2.52 bits per heavy atom. The molecule has 0 aromatic heterocycles. The van der Waals surface area contributed by atoms with Gasteiger partial charge in [-0.05, 0) is 36.4 Å². The van der Waals surface area contributed by atoms with Crippen LogP contribution in [-0.2, 0) is 4.79 Å². The number of para-hydroxylation sites is 1. The molecule has 2 aromatic carbocycles. The van der Waals surface area contributed by atoms with Gasteiger partial charge in [-0.1, -0.05) is 6.07 Å². The summed E-state index contributed by atoms with van der Waals surface area (Å²) in [6.45, 7) is 2.69. The molecule has 0 atom stereocenters. The summed E-state index contributed by atoms with van der Waals surface area (Å²) in [5.74, 6) is 1.31. The number of piperazine rings is 1. The first-order valence-corrected chi connectivity index (χ1v) is 8.89. The van der Waals surface area contributed by atoms with Gasteiger partial charge in [0.25, 0.3) is 11.8 Å². The SMILES string of the molecule is COc1ccc(C(=O)N2CCN(c3cccc4c3OCC(=O)N4)CC2)cc1. The predicted octanol–water partition coefficient (Wildman–Crippen LogP) is 1.99. The molecule has 7 heteroatoms. The summed E-state index contributed by atoms with van der Waals surface area (Å²) in [6.07, 6.45) is 0. The number of carbonyl (C=O) groups is 2. The number of hydrogen-bond acceptors (Lipinski definition) is 5. The maximum Gasteiger partial charge on any atom is 0.262 e. The molecule has 1 fully saturated rings. The van der Waals surface area contributed by atoms with E-state index in [1.165, 1.54) is 0 Å². The fourth-order valence-electron chi connectivity index (χ4n) is 3.41. The zero-order valence-electron chi connectivity index (χ0n) is 15.1. The van der Waals surface area contributed by atoms with E-state index in [2.05, 4.69) is 10.2 Å². The van der Waals surface area contributed by atoms with E-state index < -0.39 is 0 Å². The first-order valence-electron chi connectivity index (χ1n) is 8.89. The van der Waals surface area contributed by atoms with Gasteiger partial charge in [-0.2, -0.15) is 0 Å². The van der Waals surface area contributed by atoms with E-state index in [4.69, 9.17) is 9.47 Å². The van der Waals surface area contributed by atoms with Crippen LogP contribution in [0.5, 0.6) is 11.5 Å². The van der Waals surface area contributed by atoms with Gasteiger partial charge < -0.3 is 24.6 Å². The number of hydrogen-bond donors (Lipinski definition) is 1. The van der Waals surface area contributed by atoms with Crippen molar-refractivity contribution in [3.8, 4) is 11.5 Å². The van der Waals surface area contributed by atoms with E-state index in [1.54, 1.807) is 31.4 Å². The van der Waals surface area contributed by atoms with Gasteiger partial charge in [-0.15, -0.1) is 0 Å². The number of nitrogens with zero attached hydrogens (tertiary/aromatic N) is 2. The Balaban J connectivity index is 1.44. The van der Waals surface area contributed by atoms with Gasteiger partial charge in [-0.25, -0.2) is 0 Å². The molecular weight excluding hydrogens is 346 g/mol. The summed E-state index contributed by atoms with van der Waals surface area (Å²) in [4.78, 5) is 28.3. The van der Waals surface area contributed by atoms with Gasteiger partial charge in [0.05, 0.1) is 18.5 Å². The van der Waals surface area contributed by atoms with Gasteiger partial charge in [0.2, 0.25) is 0 Å². The maximum atomic E-state index is 12.7. The van der Waals surface area contributed by atoms with Crippen LogP contribution >= 0.6 is 0 Å². The summed E-state index contributed by atoms with van der Waals surface area (Å²) < 4.78 is 10.8. The second-order valence-electron chi connectivity index (χ2n) is 6.50. The van der Waals surface area contributed by atoms with Crippen LogP contribution in [-0.4, -0.2) is 56.6 Å². The molecule has 7 nitrogen and oxygen atoms in total. The van der Waals surface area contributed by atoms with Gasteiger partial charge in [0.1, 0.15) is 5.75 Å². The van der Waals surface area contributed by atoms with E-state index in [0.29, 0.717) is 43.2 Å². The summed E-state index contributed by atoms with van der Waals surface area (Å²) in [7, 11) is 1.60. The van der Waals surface area contributed by atoms with Gasteiger partial charge in [0, 0.05) is 31.7 Å². The van der Waals surface area contributed by atoms with Crippen molar-refractivity contribution in [3.05, 3.63) is 48.0 Å². The monoisotopic (exact) mass is 367 g/mol. The molecular formula is C20H21N3O4. The number of ether oxygens (including phenoxy) is 2. The predicted molar refractivity (Wildman–Crippen MR) is 102 cm³/mol. The van der Waals surface area contributed by atoms with Crippen molar-refractivity contribution in [2.75, 3.05) is 50.1 Å². The van der Waals surface area contributed by atoms with Crippen LogP contribution in [0.3, 0.4) is 0 Å². The molecule has 0 unspecified atom stereocenters. The van der Waals surface area contributed by atoms with Crippen molar-refractivity contribution < 1.29 is 19.1 Å². The molecule has 2 aliphatic rings. The third-order valence-electron chi connectivity index (χ3n) is 4.86. The Hall–Kier alpha value is -3.22. The van der Waals surface area contributed by atoms with E-state index in [0.717, 1.165) is 11.4 Å². The number of amides is 2. The average Bonchev–Trinajstić information content (AvgIpc) is 2.73. The first kappa shape index (κ1) is 17.2. The second kappa shape index (κ2) is 7.19. The summed E-state index contributed by atoms with van der Waals surface area (Å²) in [6, 6.07) is 12.9. The topological polar surface area (TPSA) is 71.1 Å². The van der Waals surface area contributed by atoms with Crippen molar-refractivity contribution in [3.63, 3.8) is 0 Å². The summed E-state index contributed by atoms with van der Waals surface area (Å²) in [5, 5.41) is 2.83. The highest BCUT2D eigenvalue weighted by atomic mass is 16.5. The van der Waals surface area contributed by atoms with Crippen LogP contribution in [0.25, 0.3) is 0 Å². The number of anilines is 2. The molecule has 2 amide bonds. The summed E-state index contributed by atoms with van der Waals surface area (Å²) in [5.41, 5.74) is 2.30. The van der Waals surface area contributed by atoms with Crippen molar-refractivity contribution in [2.45, 2.75) is 0 Å². The molecule has 27 heavy (non-hydrogen) atoms. The largest absolute Gasteiger partial charge is 0.497 e. The van der Waals surface area contributed by atoms with Crippen LogP contribution in [0.4, 0.5) is 11.4 Å². The molecule has 1 saturated heterocycles.